The Bertz CT molecular complexity index is 1290. The van der Waals surface area contributed by atoms with Crippen LogP contribution < -0.4 is 5.32 Å². The number of esters is 1. The number of halogens is 5. The van der Waals surface area contributed by atoms with Gasteiger partial charge in [-0.1, -0.05) is 36.4 Å². The molecule has 0 radical (unpaired) electrons. The van der Waals surface area contributed by atoms with Crippen molar-refractivity contribution in [2.45, 2.75) is 63.0 Å². The number of H-pyrrole nitrogens is 1. The zero-order chi connectivity index (χ0) is 28.2. The highest BCUT2D eigenvalue weighted by Gasteiger charge is 2.40. The molecule has 7 nitrogen and oxygen atoms in total. The Labute approximate surface area is 221 Å². The summed E-state index contributed by atoms with van der Waals surface area (Å²) >= 11 is 0. The van der Waals surface area contributed by atoms with Crippen molar-refractivity contribution in [2.75, 3.05) is 7.11 Å². The van der Waals surface area contributed by atoms with Crippen molar-refractivity contribution in [2.24, 2.45) is 5.92 Å². The van der Waals surface area contributed by atoms with Crippen molar-refractivity contribution in [1.82, 2.24) is 15.3 Å². The van der Waals surface area contributed by atoms with Crippen LogP contribution in [0.3, 0.4) is 0 Å². The van der Waals surface area contributed by atoms with E-state index in [1.54, 1.807) is 24.3 Å². The normalized spacial score (nSPS) is 17.1. The quantitative estimate of drug-likeness (QED) is 0.236. The Balaban J connectivity index is 1.63. The number of nitrogens with zero attached hydrogens (tertiary/aromatic N) is 1. The summed E-state index contributed by atoms with van der Waals surface area (Å²) in [6.07, 6.45) is -5.28. The number of carbonyl (C=O) groups is 2. The molecule has 4 rings (SSSR count). The highest BCUT2D eigenvalue weighted by Crippen LogP contribution is 2.41. The molecule has 1 aromatic heterocycles. The van der Waals surface area contributed by atoms with Crippen LogP contribution in [0.5, 0.6) is 0 Å². The number of aromatic nitrogens is 2. The van der Waals surface area contributed by atoms with E-state index in [-0.39, 0.29) is 54.7 Å². The number of amides is 1. The van der Waals surface area contributed by atoms with Crippen LogP contribution in [0, 0.1) is 11.7 Å². The van der Waals surface area contributed by atoms with Gasteiger partial charge in [-0.25, -0.2) is 31.7 Å². The SMILES string of the molecule is COC(=O)C(CC(F)F)c1ccc2[nH]c([C@@H](NC(=O)OCc3ccccc3)C3CCC(F)(F)CC3)nc2c1F. The zero-order valence-electron chi connectivity index (χ0n) is 21.1. The minimum absolute atomic E-state index is 0.0285. The first-order valence-corrected chi connectivity index (χ1v) is 12.5. The lowest BCUT2D eigenvalue weighted by Crippen LogP contribution is -2.38. The van der Waals surface area contributed by atoms with Gasteiger partial charge in [0.25, 0.3) is 0 Å². The fraction of sp³-hybridized carbons (Fsp3) is 0.444. The summed E-state index contributed by atoms with van der Waals surface area (Å²) in [5.41, 5.74) is 0.370. The van der Waals surface area contributed by atoms with E-state index in [9.17, 15) is 27.2 Å². The van der Waals surface area contributed by atoms with E-state index < -0.39 is 54.5 Å². The molecule has 0 bridgehead atoms. The molecule has 2 N–H and O–H groups in total. The van der Waals surface area contributed by atoms with Crippen LogP contribution in [-0.2, 0) is 20.9 Å². The van der Waals surface area contributed by atoms with Gasteiger partial charge in [-0.15, -0.1) is 0 Å². The van der Waals surface area contributed by atoms with Crippen LogP contribution in [0.2, 0.25) is 0 Å². The van der Waals surface area contributed by atoms with Crippen molar-refractivity contribution < 1.29 is 41.0 Å². The maximum absolute atomic E-state index is 15.5. The van der Waals surface area contributed by atoms with E-state index in [1.807, 2.05) is 6.07 Å². The molecule has 0 aliphatic heterocycles. The van der Waals surface area contributed by atoms with Crippen LogP contribution in [0.15, 0.2) is 42.5 Å². The highest BCUT2D eigenvalue weighted by molar-refractivity contribution is 5.83. The number of methoxy groups -OCH3 is 1. The van der Waals surface area contributed by atoms with Crippen molar-refractivity contribution in [3.63, 3.8) is 0 Å². The Morgan fingerprint density at radius 1 is 1.13 bits per heavy atom. The number of nitrogens with one attached hydrogen (secondary N) is 2. The fourth-order valence-electron chi connectivity index (χ4n) is 4.86. The lowest BCUT2D eigenvalue weighted by molar-refractivity contribution is -0.143. The van der Waals surface area contributed by atoms with Crippen molar-refractivity contribution >= 4 is 23.1 Å². The Kier molecular flexibility index (Phi) is 8.71. The molecule has 210 valence electrons. The number of alkyl halides is 4. The molecule has 39 heavy (non-hydrogen) atoms. The lowest BCUT2D eigenvalue weighted by Gasteiger charge is -2.33. The second-order valence-corrected chi connectivity index (χ2v) is 9.57. The molecule has 1 fully saturated rings. The number of fused-ring (bicyclic) bond motifs is 1. The van der Waals surface area contributed by atoms with Gasteiger partial charge >= 0.3 is 12.1 Å². The summed E-state index contributed by atoms with van der Waals surface area (Å²) in [6.45, 7) is -0.0285. The van der Waals surface area contributed by atoms with Crippen LogP contribution in [-0.4, -0.2) is 41.5 Å². The molecule has 12 heteroatoms. The number of benzene rings is 2. The molecule has 1 aliphatic rings. The molecule has 2 aromatic carbocycles. The first-order chi connectivity index (χ1) is 18.6. The monoisotopic (exact) mass is 553 g/mol. The fourth-order valence-corrected chi connectivity index (χ4v) is 4.86. The number of aromatic amines is 1. The van der Waals surface area contributed by atoms with E-state index in [0.29, 0.717) is 0 Å². The van der Waals surface area contributed by atoms with Crippen LogP contribution in [0.1, 0.15) is 61.0 Å². The Morgan fingerprint density at radius 3 is 2.46 bits per heavy atom. The number of alkyl carbamates (subject to hydrolysis) is 1. The summed E-state index contributed by atoms with van der Waals surface area (Å²) in [6, 6.07) is 10.6. The smallest absolute Gasteiger partial charge is 0.408 e. The van der Waals surface area contributed by atoms with E-state index in [0.717, 1.165) is 12.7 Å². The number of imidazole rings is 1. The largest absolute Gasteiger partial charge is 0.469 e. The third-order valence-electron chi connectivity index (χ3n) is 6.93. The molecule has 1 heterocycles. The summed E-state index contributed by atoms with van der Waals surface area (Å²) in [4.78, 5) is 32.0. The summed E-state index contributed by atoms with van der Waals surface area (Å²) < 4.78 is 79.4. The number of rotatable bonds is 9. The van der Waals surface area contributed by atoms with Crippen LogP contribution in [0.4, 0.5) is 26.7 Å². The third kappa shape index (κ3) is 6.85. The van der Waals surface area contributed by atoms with Crippen LogP contribution >= 0.6 is 0 Å². The average Bonchev–Trinajstić information content (AvgIpc) is 3.35. The minimum atomic E-state index is -2.89. The molecule has 3 aromatic rings. The summed E-state index contributed by atoms with van der Waals surface area (Å²) in [5, 5.41) is 2.68. The van der Waals surface area contributed by atoms with E-state index in [4.69, 9.17) is 4.74 Å². The molecule has 2 atom stereocenters. The molecule has 0 spiro atoms. The van der Waals surface area contributed by atoms with E-state index >= 15 is 4.39 Å². The predicted molar refractivity (Wildman–Crippen MR) is 131 cm³/mol. The van der Waals surface area contributed by atoms with Gasteiger partial charge in [0, 0.05) is 24.8 Å². The molecular formula is C27H28F5N3O4. The zero-order valence-corrected chi connectivity index (χ0v) is 21.1. The molecule has 1 unspecified atom stereocenters. The van der Waals surface area contributed by atoms with Crippen LogP contribution in [0.25, 0.3) is 11.0 Å². The second-order valence-electron chi connectivity index (χ2n) is 9.57. The lowest BCUT2D eigenvalue weighted by atomic mass is 9.82. The molecule has 0 saturated heterocycles. The number of ether oxygens (including phenoxy) is 2. The van der Waals surface area contributed by atoms with Crippen molar-refractivity contribution in [1.29, 1.82) is 0 Å². The standard InChI is InChI=1S/C27H28F5N3O4/c1-38-25(36)18(13-20(28)29)17-7-8-19-23(21(17)30)34-24(33-19)22(16-9-11-27(31,32)12-10-16)35-26(37)39-14-15-5-3-2-4-6-15/h2-8,16,18,20,22H,9-14H2,1H3,(H,33,34)(H,35,37)/t18?,22-/m0/s1. The highest BCUT2D eigenvalue weighted by atomic mass is 19.3. The number of hydrogen-bond acceptors (Lipinski definition) is 5. The molecule has 1 aliphatic carbocycles. The molecule has 1 saturated carbocycles. The van der Waals surface area contributed by atoms with Gasteiger partial charge in [-0.3, -0.25) is 4.79 Å². The van der Waals surface area contributed by atoms with E-state index in [2.05, 4.69) is 20.0 Å². The van der Waals surface area contributed by atoms with Gasteiger partial charge in [0.05, 0.1) is 24.6 Å². The van der Waals surface area contributed by atoms with Gasteiger partial charge in [0.1, 0.15) is 17.9 Å². The van der Waals surface area contributed by atoms with Gasteiger partial charge < -0.3 is 19.8 Å². The van der Waals surface area contributed by atoms with Gasteiger partial charge in [-0.2, -0.15) is 0 Å². The average molecular weight is 554 g/mol. The maximum Gasteiger partial charge on any atom is 0.408 e. The van der Waals surface area contributed by atoms with Crippen molar-refractivity contribution in [3.05, 3.63) is 65.2 Å². The van der Waals surface area contributed by atoms with E-state index in [1.165, 1.54) is 12.1 Å². The topological polar surface area (TPSA) is 93.3 Å². The first kappa shape index (κ1) is 28.3. The Morgan fingerprint density at radius 2 is 1.82 bits per heavy atom. The second kappa shape index (κ2) is 12.0. The maximum atomic E-state index is 15.5. The molecule has 1 amide bonds. The van der Waals surface area contributed by atoms with Gasteiger partial charge in [-0.05, 0) is 30.4 Å². The summed E-state index contributed by atoms with van der Waals surface area (Å²) in [7, 11) is 1.02. The third-order valence-corrected chi connectivity index (χ3v) is 6.93. The number of carbonyl (C=O) groups excluding carboxylic acids is 2. The first-order valence-electron chi connectivity index (χ1n) is 12.5. The Hall–Kier alpha value is -3.70. The molecular weight excluding hydrogens is 525 g/mol. The summed E-state index contributed by atoms with van der Waals surface area (Å²) in [5.74, 6) is -6.76. The van der Waals surface area contributed by atoms with Gasteiger partial charge in [0.15, 0.2) is 5.82 Å². The predicted octanol–water partition coefficient (Wildman–Crippen LogP) is 6.41. The van der Waals surface area contributed by atoms with Gasteiger partial charge in [0.2, 0.25) is 12.3 Å². The minimum Gasteiger partial charge on any atom is -0.469 e. The number of hydrogen-bond donors (Lipinski definition) is 2. The van der Waals surface area contributed by atoms with Crippen molar-refractivity contribution in [3.8, 4) is 0 Å².